The predicted octanol–water partition coefficient (Wildman–Crippen LogP) is 2.78. The summed E-state index contributed by atoms with van der Waals surface area (Å²) in [7, 11) is 1.86. The second kappa shape index (κ2) is 4.76. The van der Waals surface area contributed by atoms with Gasteiger partial charge in [-0.25, -0.2) is 0 Å². The van der Waals surface area contributed by atoms with Crippen LogP contribution in [0.3, 0.4) is 0 Å². The van der Waals surface area contributed by atoms with Gasteiger partial charge >= 0.3 is 0 Å². The minimum atomic E-state index is 0.0664. The third kappa shape index (κ3) is 2.31. The molecule has 84 valence electrons. The highest BCUT2D eigenvalue weighted by Crippen LogP contribution is 2.22. The zero-order valence-electron chi connectivity index (χ0n) is 9.07. The van der Waals surface area contributed by atoms with E-state index in [0.717, 1.165) is 10.0 Å². The van der Waals surface area contributed by atoms with Crippen LogP contribution in [0.4, 0.5) is 0 Å². The third-order valence-electron chi connectivity index (χ3n) is 2.34. The minimum absolute atomic E-state index is 0.0664. The van der Waals surface area contributed by atoms with Crippen LogP contribution in [-0.4, -0.2) is 17.2 Å². The van der Waals surface area contributed by atoms with Crippen LogP contribution in [0.2, 0.25) is 0 Å². The number of aromatic nitrogens is 2. The minimum Gasteiger partial charge on any atom is -0.419 e. The highest BCUT2D eigenvalue weighted by atomic mass is 79.9. The standard InChI is InChI=1S/C11H12BrN3O/c1-7(13-2)10-14-15-11(16-10)8-3-5-9(12)6-4-8/h3-7,13H,1-2H3. The van der Waals surface area contributed by atoms with Crippen molar-refractivity contribution in [2.75, 3.05) is 7.05 Å². The van der Waals surface area contributed by atoms with Gasteiger partial charge in [-0.15, -0.1) is 10.2 Å². The molecule has 0 aliphatic carbocycles. The van der Waals surface area contributed by atoms with Crippen LogP contribution in [0, 0.1) is 0 Å². The van der Waals surface area contributed by atoms with Gasteiger partial charge in [-0.2, -0.15) is 0 Å². The Morgan fingerprint density at radius 3 is 2.56 bits per heavy atom. The molecule has 16 heavy (non-hydrogen) atoms. The van der Waals surface area contributed by atoms with E-state index in [0.29, 0.717) is 11.8 Å². The van der Waals surface area contributed by atoms with Gasteiger partial charge in [0.05, 0.1) is 6.04 Å². The summed E-state index contributed by atoms with van der Waals surface area (Å²) in [6, 6.07) is 7.83. The normalized spacial score (nSPS) is 12.7. The van der Waals surface area contributed by atoms with Crippen molar-refractivity contribution in [3.05, 3.63) is 34.6 Å². The van der Waals surface area contributed by atoms with E-state index in [9.17, 15) is 0 Å². The van der Waals surface area contributed by atoms with Crippen molar-refractivity contribution >= 4 is 15.9 Å². The molecule has 0 bridgehead atoms. The maximum absolute atomic E-state index is 5.56. The average Bonchev–Trinajstić information content (AvgIpc) is 2.78. The van der Waals surface area contributed by atoms with E-state index in [1.165, 1.54) is 0 Å². The molecule has 1 atom stereocenters. The molecule has 2 rings (SSSR count). The molecular formula is C11H12BrN3O. The van der Waals surface area contributed by atoms with Crippen molar-refractivity contribution in [3.63, 3.8) is 0 Å². The molecule has 5 heteroatoms. The highest BCUT2D eigenvalue weighted by molar-refractivity contribution is 9.10. The lowest BCUT2D eigenvalue weighted by atomic mass is 10.2. The van der Waals surface area contributed by atoms with E-state index >= 15 is 0 Å². The van der Waals surface area contributed by atoms with Gasteiger partial charge in [0, 0.05) is 10.0 Å². The Kier molecular flexibility index (Phi) is 3.36. The Hall–Kier alpha value is -1.20. The van der Waals surface area contributed by atoms with E-state index in [2.05, 4.69) is 31.4 Å². The fraction of sp³-hybridized carbons (Fsp3) is 0.273. The van der Waals surface area contributed by atoms with E-state index < -0.39 is 0 Å². The Balaban J connectivity index is 2.28. The molecule has 0 radical (unpaired) electrons. The fourth-order valence-electron chi connectivity index (χ4n) is 1.24. The predicted molar refractivity (Wildman–Crippen MR) is 64.9 cm³/mol. The summed E-state index contributed by atoms with van der Waals surface area (Å²) in [6.07, 6.45) is 0. The second-order valence-corrected chi connectivity index (χ2v) is 4.38. The number of benzene rings is 1. The van der Waals surface area contributed by atoms with Crippen molar-refractivity contribution in [2.45, 2.75) is 13.0 Å². The maximum atomic E-state index is 5.56. The first kappa shape index (κ1) is 11.3. The largest absolute Gasteiger partial charge is 0.419 e. The highest BCUT2D eigenvalue weighted by Gasteiger charge is 2.12. The smallest absolute Gasteiger partial charge is 0.247 e. The van der Waals surface area contributed by atoms with E-state index in [1.54, 1.807) is 0 Å². The van der Waals surface area contributed by atoms with Gasteiger partial charge in [0.1, 0.15) is 0 Å². The monoisotopic (exact) mass is 281 g/mol. The Morgan fingerprint density at radius 1 is 1.25 bits per heavy atom. The van der Waals surface area contributed by atoms with E-state index in [1.807, 2.05) is 38.2 Å². The van der Waals surface area contributed by atoms with Crippen LogP contribution >= 0.6 is 15.9 Å². The molecule has 1 unspecified atom stereocenters. The lowest BCUT2D eigenvalue weighted by molar-refractivity contribution is 0.441. The molecule has 0 fully saturated rings. The summed E-state index contributed by atoms with van der Waals surface area (Å²) in [4.78, 5) is 0. The van der Waals surface area contributed by atoms with Crippen molar-refractivity contribution in [1.29, 1.82) is 0 Å². The second-order valence-electron chi connectivity index (χ2n) is 3.46. The molecule has 0 spiro atoms. The van der Waals surface area contributed by atoms with Gasteiger partial charge in [0.25, 0.3) is 0 Å². The van der Waals surface area contributed by atoms with E-state index in [4.69, 9.17) is 4.42 Å². The average molecular weight is 282 g/mol. The zero-order chi connectivity index (χ0) is 11.5. The molecular weight excluding hydrogens is 270 g/mol. The van der Waals surface area contributed by atoms with Gasteiger partial charge in [-0.05, 0) is 38.2 Å². The SMILES string of the molecule is CNC(C)c1nnc(-c2ccc(Br)cc2)o1. The molecule has 0 aliphatic rings. The zero-order valence-corrected chi connectivity index (χ0v) is 10.7. The van der Waals surface area contributed by atoms with Crippen LogP contribution in [0.15, 0.2) is 33.2 Å². The number of nitrogens with one attached hydrogen (secondary N) is 1. The molecule has 4 nitrogen and oxygen atoms in total. The maximum Gasteiger partial charge on any atom is 0.247 e. The Labute approximate surface area is 102 Å². The van der Waals surface area contributed by atoms with Gasteiger partial charge in [-0.1, -0.05) is 15.9 Å². The van der Waals surface area contributed by atoms with Gasteiger partial charge in [-0.3, -0.25) is 0 Å². The van der Waals surface area contributed by atoms with Crippen LogP contribution in [0.1, 0.15) is 18.9 Å². The van der Waals surface area contributed by atoms with Gasteiger partial charge < -0.3 is 9.73 Å². The van der Waals surface area contributed by atoms with Gasteiger partial charge in [0.2, 0.25) is 11.8 Å². The van der Waals surface area contributed by atoms with Crippen molar-refractivity contribution < 1.29 is 4.42 Å². The summed E-state index contributed by atoms with van der Waals surface area (Å²) in [5.41, 5.74) is 0.922. The Bertz CT molecular complexity index is 466. The molecule has 0 saturated heterocycles. The molecule has 1 heterocycles. The number of rotatable bonds is 3. The van der Waals surface area contributed by atoms with Crippen LogP contribution < -0.4 is 5.32 Å². The lowest BCUT2D eigenvalue weighted by Gasteiger charge is -2.02. The van der Waals surface area contributed by atoms with Crippen molar-refractivity contribution in [1.82, 2.24) is 15.5 Å². The molecule has 1 aromatic heterocycles. The van der Waals surface area contributed by atoms with Crippen molar-refractivity contribution in [2.24, 2.45) is 0 Å². The quantitative estimate of drug-likeness (QED) is 0.940. The summed E-state index contributed by atoms with van der Waals surface area (Å²) >= 11 is 3.38. The summed E-state index contributed by atoms with van der Waals surface area (Å²) < 4.78 is 6.59. The Morgan fingerprint density at radius 2 is 1.94 bits per heavy atom. The van der Waals surface area contributed by atoms with Crippen molar-refractivity contribution in [3.8, 4) is 11.5 Å². The molecule has 0 aliphatic heterocycles. The summed E-state index contributed by atoms with van der Waals surface area (Å²) in [6.45, 7) is 1.97. The summed E-state index contributed by atoms with van der Waals surface area (Å²) in [5, 5.41) is 11.1. The van der Waals surface area contributed by atoms with E-state index in [-0.39, 0.29) is 6.04 Å². The first-order valence-corrected chi connectivity index (χ1v) is 5.76. The summed E-state index contributed by atoms with van der Waals surface area (Å²) in [5.74, 6) is 1.14. The van der Waals surface area contributed by atoms with Crippen LogP contribution in [-0.2, 0) is 0 Å². The number of hydrogen-bond acceptors (Lipinski definition) is 4. The molecule has 2 aromatic rings. The lowest BCUT2D eigenvalue weighted by Crippen LogP contribution is -2.12. The number of hydrogen-bond donors (Lipinski definition) is 1. The molecule has 1 aromatic carbocycles. The number of halogens is 1. The fourth-order valence-corrected chi connectivity index (χ4v) is 1.51. The van der Waals surface area contributed by atoms with Gasteiger partial charge in [0.15, 0.2) is 0 Å². The van der Waals surface area contributed by atoms with Crippen LogP contribution in [0.5, 0.6) is 0 Å². The molecule has 0 saturated carbocycles. The number of nitrogens with zero attached hydrogens (tertiary/aromatic N) is 2. The third-order valence-corrected chi connectivity index (χ3v) is 2.86. The first-order chi connectivity index (χ1) is 7.70. The molecule has 1 N–H and O–H groups in total. The topological polar surface area (TPSA) is 51.0 Å². The van der Waals surface area contributed by atoms with Crippen LogP contribution in [0.25, 0.3) is 11.5 Å². The first-order valence-electron chi connectivity index (χ1n) is 4.97. The molecule has 0 amide bonds.